The van der Waals surface area contributed by atoms with Crippen LogP contribution in [0.1, 0.15) is 39.0 Å². The number of hydrogen-bond acceptors (Lipinski definition) is 3. The summed E-state index contributed by atoms with van der Waals surface area (Å²) in [4.78, 5) is 17.9. The molecule has 0 spiro atoms. The van der Waals surface area contributed by atoms with Crippen molar-refractivity contribution in [3.05, 3.63) is 0 Å². The Bertz CT molecular complexity index is 382. The molecule has 1 aliphatic carbocycles. The summed E-state index contributed by atoms with van der Waals surface area (Å²) in [6, 6.07) is 0.299. The maximum Gasteiger partial charge on any atom is 0.222 e. The van der Waals surface area contributed by atoms with Crippen molar-refractivity contribution in [2.24, 2.45) is 10.9 Å². The van der Waals surface area contributed by atoms with E-state index in [1.807, 2.05) is 11.8 Å². The Morgan fingerprint density at radius 3 is 2.86 bits per heavy atom. The quantitative estimate of drug-likeness (QED) is 0.398. The van der Waals surface area contributed by atoms with Gasteiger partial charge >= 0.3 is 0 Å². The Hall–Kier alpha value is -1.30. The first kappa shape index (κ1) is 17.1. The fourth-order valence-electron chi connectivity index (χ4n) is 2.63. The van der Waals surface area contributed by atoms with Crippen molar-refractivity contribution in [1.29, 1.82) is 0 Å². The maximum absolute atomic E-state index is 11.7. The molecule has 0 aromatic carbocycles. The van der Waals surface area contributed by atoms with Gasteiger partial charge in [0.05, 0.1) is 0 Å². The summed E-state index contributed by atoms with van der Waals surface area (Å²) in [6.07, 6.45) is 5.23. The third-order valence-electron chi connectivity index (χ3n) is 4.22. The molecule has 6 heteroatoms. The summed E-state index contributed by atoms with van der Waals surface area (Å²) in [5, 5.41) is 6.71. The van der Waals surface area contributed by atoms with Crippen molar-refractivity contribution >= 4 is 11.9 Å². The van der Waals surface area contributed by atoms with E-state index in [0.29, 0.717) is 12.5 Å². The van der Waals surface area contributed by atoms with Crippen LogP contribution in [0.15, 0.2) is 4.99 Å². The summed E-state index contributed by atoms with van der Waals surface area (Å²) in [5.74, 6) is 1.89. The molecule has 2 aliphatic rings. The summed E-state index contributed by atoms with van der Waals surface area (Å²) < 4.78 is 5.61. The minimum atomic E-state index is 0.236. The number of nitrogens with zero attached hydrogens (tertiary/aromatic N) is 2. The monoisotopic (exact) mass is 310 g/mol. The number of likely N-dealkylation sites (tertiary alicyclic amines) is 1. The van der Waals surface area contributed by atoms with Gasteiger partial charge in [-0.25, -0.2) is 0 Å². The second-order valence-electron chi connectivity index (χ2n) is 6.19. The van der Waals surface area contributed by atoms with Gasteiger partial charge in [0.2, 0.25) is 5.91 Å². The molecular formula is C16H30N4O2. The minimum absolute atomic E-state index is 0.236. The van der Waals surface area contributed by atoms with Crippen LogP contribution < -0.4 is 10.6 Å². The van der Waals surface area contributed by atoms with Crippen molar-refractivity contribution < 1.29 is 9.53 Å². The highest BCUT2D eigenvalue weighted by Crippen LogP contribution is 2.28. The third kappa shape index (κ3) is 5.83. The van der Waals surface area contributed by atoms with Gasteiger partial charge in [-0.3, -0.25) is 9.79 Å². The fourth-order valence-corrected chi connectivity index (χ4v) is 2.63. The number of ether oxygens (including phenoxy) is 1. The molecule has 22 heavy (non-hydrogen) atoms. The molecule has 2 fully saturated rings. The largest absolute Gasteiger partial charge is 0.381 e. The Morgan fingerprint density at radius 1 is 1.36 bits per heavy atom. The van der Waals surface area contributed by atoms with Gasteiger partial charge in [-0.2, -0.15) is 0 Å². The number of hydrogen-bond donors (Lipinski definition) is 2. The molecule has 6 nitrogen and oxygen atoms in total. The van der Waals surface area contributed by atoms with E-state index in [0.717, 1.165) is 57.6 Å². The summed E-state index contributed by atoms with van der Waals surface area (Å²) >= 11 is 0. The molecule has 0 radical (unpaired) electrons. The highest BCUT2D eigenvalue weighted by atomic mass is 16.5. The average molecular weight is 310 g/mol. The maximum atomic E-state index is 11.7. The number of nitrogens with one attached hydrogen (secondary N) is 2. The normalized spacial score (nSPS) is 22.0. The molecule has 0 bridgehead atoms. The molecule has 126 valence electrons. The zero-order valence-electron chi connectivity index (χ0n) is 13.9. The molecule has 2 N–H and O–H groups in total. The van der Waals surface area contributed by atoms with Crippen LogP contribution in [0.25, 0.3) is 0 Å². The van der Waals surface area contributed by atoms with E-state index in [4.69, 9.17) is 4.74 Å². The molecule has 1 saturated carbocycles. The van der Waals surface area contributed by atoms with Crippen molar-refractivity contribution in [2.75, 3.05) is 39.9 Å². The van der Waals surface area contributed by atoms with E-state index in [-0.39, 0.29) is 5.91 Å². The van der Waals surface area contributed by atoms with Gasteiger partial charge in [-0.05, 0) is 31.6 Å². The molecule has 1 atom stereocenters. The highest BCUT2D eigenvalue weighted by molar-refractivity contribution is 5.80. The van der Waals surface area contributed by atoms with Crippen LogP contribution in [0.2, 0.25) is 0 Å². The third-order valence-corrected chi connectivity index (χ3v) is 4.22. The summed E-state index contributed by atoms with van der Waals surface area (Å²) in [6.45, 7) is 6.12. The van der Waals surface area contributed by atoms with Gasteiger partial charge in [-0.1, -0.05) is 6.92 Å². The first-order valence-corrected chi connectivity index (χ1v) is 8.55. The van der Waals surface area contributed by atoms with Gasteiger partial charge in [0.15, 0.2) is 5.96 Å². The smallest absolute Gasteiger partial charge is 0.222 e. The van der Waals surface area contributed by atoms with Crippen LogP contribution in [0.5, 0.6) is 0 Å². The standard InChI is InChI=1S/C16H30N4O2/c1-3-15(21)20-9-7-14(11-20)19-16(17-2)18-8-4-10-22-12-13-5-6-13/h13-14H,3-12H2,1-2H3,(H2,17,18,19). The van der Waals surface area contributed by atoms with E-state index in [9.17, 15) is 4.79 Å². The van der Waals surface area contributed by atoms with E-state index in [1.165, 1.54) is 12.8 Å². The lowest BCUT2D eigenvalue weighted by molar-refractivity contribution is -0.129. The Morgan fingerprint density at radius 2 is 2.18 bits per heavy atom. The topological polar surface area (TPSA) is 66.0 Å². The van der Waals surface area contributed by atoms with E-state index < -0.39 is 0 Å². The predicted molar refractivity (Wildman–Crippen MR) is 87.9 cm³/mol. The number of rotatable bonds is 8. The minimum Gasteiger partial charge on any atom is -0.381 e. The van der Waals surface area contributed by atoms with Crippen LogP contribution in [0.4, 0.5) is 0 Å². The zero-order valence-corrected chi connectivity index (χ0v) is 13.9. The SMILES string of the molecule is CCC(=O)N1CCC(NC(=NC)NCCCOCC2CC2)C1. The Labute approximate surface area is 133 Å². The lowest BCUT2D eigenvalue weighted by Gasteiger charge is -2.18. The predicted octanol–water partition coefficient (Wildman–Crippen LogP) is 0.979. The first-order valence-electron chi connectivity index (χ1n) is 8.55. The van der Waals surface area contributed by atoms with Crippen LogP contribution in [-0.4, -0.2) is 62.7 Å². The summed E-state index contributed by atoms with van der Waals surface area (Å²) in [7, 11) is 1.78. The molecule has 0 aromatic rings. The van der Waals surface area contributed by atoms with Crippen molar-refractivity contribution in [1.82, 2.24) is 15.5 Å². The zero-order chi connectivity index (χ0) is 15.8. The number of carbonyl (C=O) groups excluding carboxylic acids is 1. The molecule has 0 aromatic heterocycles. The molecule has 1 saturated heterocycles. The van der Waals surface area contributed by atoms with Crippen molar-refractivity contribution in [3.8, 4) is 0 Å². The molecule has 1 amide bonds. The molecule has 1 aliphatic heterocycles. The lowest BCUT2D eigenvalue weighted by atomic mass is 10.3. The Balaban J connectivity index is 1.55. The van der Waals surface area contributed by atoms with Crippen LogP contribution in [0, 0.1) is 5.92 Å². The number of guanidine groups is 1. The van der Waals surface area contributed by atoms with E-state index in [1.54, 1.807) is 7.05 Å². The van der Waals surface area contributed by atoms with Crippen molar-refractivity contribution in [3.63, 3.8) is 0 Å². The molecule has 2 rings (SSSR count). The van der Waals surface area contributed by atoms with E-state index >= 15 is 0 Å². The lowest BCUT2D eigenvalue weighted by Crippen LogP contribution is -2.45. The fraction of sp³-hybridized carbons (Fsp3) is 0.875. The second-order valence-corrected chi connectivity index (χ2v) is 6.19. The van der Waals surface area contributed by atoms with Gasteiger partial charge in [0.25, 0.3) is 0 Å². The molecular weight excluding hydrogens is 280 g/mol. The van der Waals surface area contributed by atoms with Gasteiger partial charge in [-0.15, -0.1) is 0 Å². The number of aliphatic imine (C=N–C) groups is 1. The van der Waals surface area contributed by atoms with Crippen LogP contribution in [0.3, 0.4) is 0 Å². The average Bonchev–Trinajstić information content (AvgIpc) is 3.25. The molecule has 1 heterocycles. The number of carbonyl (C=O) groups is 1. The molecule has 1 unspecified atom stereocenters. The van der Waals surface area contributed by atoms with Crippen LogP contribution >= 0.6 is 0 Å². The van der Waals surface area contributed by atoms with Crippen LogP contribution in [-0.2, 0) is 9.53 Å². The first-order chi connectivity index (χ1) is 10.7. The van der Waals surface area contributed by atoms with Gasteiger partial charge in [0, 0.05) is 52.4 Å². The van der Waals surface area contributed by atoms with Crippen molar-refractivity contribution in [2.45, 2.75) is 45.1 Å². The van der Waals surface area contributed by atoms with Gasteiger partial charge < -0.3 is 20.3 Å². The number of amides is 1. The summed E-state index contributed by atoms with van der Waals surface area (Å²) in [5.41, 5.74) is 0. The van der Waals surface area contributed by atoms with E-state index in [2.05, 4.69) is 15.6 Å². The second kappa shape index (κ2) is 8.98. The highest BCUT2D eigenvalue weighted by Gasteiger charge is 2.25. The Kier molecular flexibility index (Phi) is 6.96. The van der Waals surface area contributed by atoms with Gasteiger partial charge in [0.1, 0.15) is 0 Å².